The minimum absolute atomic E-state index is 0.0560. The van der Waals surface area contributed by atoms with Gasteiger partial charge in [-0.2, -0.15) is 0 Å². The molecule has 4 rings (SSSR count). The molecule has 2 aromatic rings. The standard InChI is InChI=1S/C20H19N3O2/c1-13-8-10-15(11-9-13)23-12-16-17(19(23)24)18(21-20(25)22(16)2)14-6-4-3-5-7-14/h3-11,18H,12H2,1-2H3,(H,21,25)/t18-/m1/s1. The highest BCUT2D eigenvalue weighted by atomic mass is 16.2. The Hall–Kier alpha value is -3.08. The van der Waals surface area contributed by atoms with Crippen LogP contribution >= 0.6 is 0 Å². The summed E-state index contributed by atoms with van der Waals surface area (Å²) in [4.78, 5) is 28.8. The molecule has 1 atom stereocenters. The van der Waals surface area contributed by atoms with Gasteiger partial charge in [-0.1, -0.05) is 48.0 Å². The van der Waals surface area contributed by atoms with Crippen molar-refractivity contribution >= 4 is 17.6 Å². The average molecular weight is 333 g/mol. The Labute approximate surface area is 146 Å². The minimum atomic E-state index is -0.414. The number of nitrogens with zero attached hydrogens (tertiary/aromatic N) is 2. The first-order valence-electron chi connectivity index (χ1n) is 8.27. The second-order valence-electron chi connectivity index (χ2n) is 6.44. The van der Waals surface area contributed by atoms with Gasteiger partial charge in [0, 0.05) is 12.7 Å². The van der Waals surface area contributed by atoms with E-state index in [4.69, 9.17) is 0 Å². The van der Waals surface area contributed by atoms with Gasteiger partial charge in [-0.15, -0.1) is 0 Å². The molecule has 0 aromatic heterocycles. The zero-order valence-electron chi connectivity index (χ0n) is 14.2. The maximum atomic E-state index is 13.2. The molecule has 5 heteroatoms. The first-order valence-corrected chi connectivity index (χ1v) is 8.27. The van der Waals surface area contributed by atoms with Gasteiger partial charge in [-0.25, -0.2) is 4.79 Å². The van der Waals surface area contributed by atoms with Crippen LogP contribution in [0.1, 0.15) is 17.2 Å². The second kappa shape index (κ2) is 5.77. The fraction of sp³-hybridized carbons (Fsp3) is 0.200. The summed E-state index contributed by atoms with van der Waals surface area (Å²) < 4.78 is 0. The third kappa shape index (κ3) is 2.48. The zero-order chi connectivity index (χ0) is 17.6. The lowest BCUT2D eigenvalue weighted by atomic mass is 9.96. The van der Waals surface area contributed by atoms with E-state index in [-0.39, 0.29) is 11.9 Å². The summed E-state index contributed by atoms with van der Waals surface area (Å²) in [5.41, 5.74) is 4.31. The molecule has 0 unspecified atom stereocenters. The van der Waals surface area contributed by atoms with Crippen LogP contribution in [0.3, 0.4) is 0 Å². The first-order chi connectivity index (χ1) is 12.1. The Kier molecular flexibility index (Phi) is 3.57. The molecule has 0 radical (unpaired) electrons. The largest absolute Gasteiger partial charge is 0.327 e. The van der Waals surface area contributed by atoms with Crippen LogP contribution in [0.4, 0.5) is 10.5 Å². The molecule has 2 heterocycles. The van der Waals surface area contributed by atoms with Crippen LogP contribution in [0.15, 0.2) is 65.9 Å². The van der Waals surface area contributed by atoms with E-state index in [1.54, 1.807) is 16.8 Å². The first kappa shape index (κ1) is 15.4. The van der Waals surface area contributed by atoms with Gasteiger partial charge in [0.25, 0.3) is 5.91 Å². The van der Waals surface area contributed by atoms with E-state index in [9.17, 15) is 9.59 Å². The zero-order valence-corrected chi connectivity index (χ0v) is 14.2. The Balaban J connectivity index is 1.76. The molecule has 1 N–H and O–H groups in total. The maximum Gasteiger partial charge on any atom is 0.322 e. The molecular weight excluding hydrogens is 314 g/mol. The van der Waals surface area contributed by atoms with Gasteiger partial charge in [-0.3, -0.25) is 9.69 Å². The summed E-state index contributed by atoms with van der Waals surface area (Å²) in [5.74, 6) is -0.0560. The molecule has 0 aliphatic carbocycles. The number of likely N-dealkylation sites (N-methyl/N-ethyl adjacent to an activating group) is 1. The SMILES string of the molecule is Cc1ccc(N2CC3=C(C2=O)[C@@H](c2ccccc2)NC(=O)N3C)cc1. The number of hydrogen-bond donors (Lipinski definition) is 1. The van der Waals surface area contributed by atoms with Gasteiger partial charge >= 0.3 is 6.03 Å². The summed E-state index contributed by atoms with van der Waals surface area (Å²) in [5, 5.41) is 2.95. The van der Waals surface area contributed by atoms with E-state index in [0.29, 0.717) is 12.1 Å². The number of urea groups is 1. The Bertz CT molecular complexity index is 872. The minimum Gasteiger partial charge on any atom is -0.327 e. The van der Waals surface area contributed by atoms with Gasteiger partial charge in [0.05, 0.1) is 23.9 Å². The number of nitrogens with one attached hydrogen (secondary N) is 1. The number of hydrogen-bond acceptors (Lipinski definition) is 2. The second-order valence-corrected chi connectivity index (χ2v) is 6.44. The van der Waals surface area contributed by atoms with Crippen molar-refractivity contribution < 1.29 is 9.59 Å². The fourth-order valence-electron chi connectivity index (χ4n) is 3.40. The summed E-state index contributed by atoms with van der Waals surface area (Å²) >= 11 is 0. The van der Waals surface area contributed by atoms with Crippen molar-refractivity contribution in [2.24, 2.45) is 0 Å². The van der Waals surface area contributed by atoms with Crippen LogP contribution in [0.2, 0.25) is 0 Å². The molecule has 0 saturated carbocycles. The molecule has 2 aliphatic heterocycles. The Morgan fingerprint density at radius 2 is 1.68 bits per heavy atom. The van der Waals surface area contributed by atoms with Gasteiger partial charge in [0.1, 0.15) is 0 Å². The molecule has 0 spiro atoms. The summed E-state index contributed by atoms with van der Waals surface area (Å²) in [6.07, 6.45) is 0. The number of aryl methyl sites for hydroxylation is 1. The lowest BCUT2D eigenvalue weighted by molar-refractivity contribution is -0.114. The number of rotatable bonds is 2. The lowest BCUT2D eigenvalue weighted by Crippen LogP contribution is -2.45. The molecule has 0 bridgehead atoms. The highest BCUT2D eigenvalue weighted by Crippen LogP contribution is 2.37. The molecule has 2 aromatic carbocycles. The van der Waals surface area contributed by atoms with Crippen molar-refractivity contribution in [3.8, 4) is 0 Å². The third-order valence-corrected chi connectivity index (χ3v) is 4.84. The van der Waals surface area contributed by atoms with Crippen LogP contribution in [-0.4, -0.2) is 30.4 Å². The van der Waals surface area contributed by atoms with Crippen molar-refractivity contribution in [1.29, 1.82) is 0 Å². The monoisotopic (exact) mass is 333 g/mol. The average Bonchev–Trinajstić information content (AvgIpc) is 2.97. The van der Waals surface area contributed by atoms with Crippen molar-refractivity contribution in [2.75, 3.05) is 18.5 Å². The van der Waals surface area contributed by atoms with E-state index in [1.165, 1.54) is 0 Å². The van der Waals surface area contributed by atoms with Crippen LogP contribution in [-0.2, 0) is 4.79 Å². The van der Waals surface area contributed by atoms with Crippen LogP contribution in [0, 0.1) is 6.92 Å². The fourth-order valence-corrected chi connectivity index (χ4v) is 3.40. The summed E-state index contributed by atoms with van der Waals surface area (Å²) in [6, 6.07) is 16.9. The molecule has 0 fully saturated rings. The van der Waals surface area contributed by atoms with E-state index >= 15 is 0 Å². The predicted octanol–water partition coefficient (Wildman–Crippen LogP) is 2.99. The van der Waals surface area contributed by atoms with E-state index in [0.717, 1.165) is 22.5 Å². The van der Waals surface area contributed by atoms with Crippen LogP contribution in [0.25, 0.3) is 0 Å². The number of carbonyl (C=O) groups is 2. The van der Waals surface area contributed by atoms with Crippen LogP contribution in [0.5, 0.6) is 0 Å². The van der Waals surface area contributed by atoms with E-state index < -0.39 is 6.04 Å². The van der Waals surface area contributed by atoms with Crippen LogP contribution < -0.4 is 10.2 Å². The van der Waals surface area contributed by atoms with Crippen molar-refractivity contribution in [1.82, 2.24) is 10.2 Å². The number of anilines is 1. The molecule has 3 amide bonds. The number of carbonyl (C=O) groups excluding carboxylic acids is 2. The van der Waals surface area contributed by atoms with Gasteiger partial charge in [0.2, 0.25) is 0 Å². The highest BCUT2D eigenvalue weighted by Gasteiger charge is 2.43. The lowest BCUT2D eigenvalue weighted by Gasteiger charge is -2.31. The maximum absolute atomic E-state index is 13.2. The molecule has 0 saturated heterocycles. The number of benzene rings is 2. The van der Waals surface area contributed by atoms with Crippen molar-refractivity contribution in [3.05, 3.63) is 77.0 Å². The molecule has 2 aliphatic rings. The molecular formula is C20H19N3O2. The summed E-state index contributed by atoms with van der Waals surface area (Å²) in [7, 11) is 1.71. The number of amides is 3. The molecule has 25 heavy (non-hydrogen) atoms. The van der Waals surface area contributed by atoms with Crippen molar-refractivity contribution in [3.63, 3.8) is 0 Å². The van der Waals surface area contributed by atoms with Gasteiger partial charge in [0.15, 0.2) is 0 Å². The quantitative estimate of drug-likeness (QED) is 0.918. The molecule has 5 nitrogen and oxygen atoms in total. The summed E-state index contributed by atoms with van der Waals surface area (Å²) in [6.45, 7) is 2.42. The van der Waals surface area contributed by atoms with Gasteiger partial charge in [-0.05, 0) is 24.6 Å². The van der Waals surface area contributed by atoms with Crippen molar-refractivity contribution in [2.45, 2.75) is 13.0 Å². The highest BCUT2D eigenvalue weighted by molar-refractivity contribution is 6.11. The normalized spacial score (nSPS) is 20.0. The van der Waals surface area contributed by atoms with Gasteiger partial charge < -0.3 is 10.2 Å². The topological polar surface area (TPSA) is 52.7 Å². The van der Waals surface area contributed by atoms with E-state index in [1.807, 2.05) is 61.5 Å². The molecule has 126 valence electrons. The third-order valence-electron chi connectivity index (χ3n) is 4.84. The predicted molar refractivity (Wildman–Crippen MR) is 96.0 cm³/mol. The Morgan fingerprint density at radius 3 is 2.36 bits per heavy atom. The Morgan fingerprint density at radius 1 is 1.00 bits per heavy atom. The van der Waals surface area contributed by atoms with E-state index in [2.05, 4.69) is 5.32 Å². The smallest absolute Gasteiger partial charge is 0.322 e.